The second kappa shape index (κ2) is 10.1. The minimum atomic E-state index is -0.621. The summed E-state index contributed by atoms with van der Waals surface area (Å²) in [5.41, 5.74) is 1.98. The lowest BCUT2D eigenvalue weighted by Gasteiger charge is -2.21. The van der Waals surface area contributed by atoms with E-state index in [0.29, 0.717) is 31.4 Å². The smallest absolute Gasteiger partial charge is 0.261 e. The molecule has 1 N–H and O–H groups in total. The molecule has 1 atom stereocenters. The molecule has 1 aromatic carbocycles. The Morgan fingerprint density at radius 1 is 1.18 bits per heavy atom. The molecule has 0 saturated carbocycles. The number of pyridine rings is 1. The van der Waals surface area contributed by atoms with Gasteiger partial charge >= 0.3 is 0 Å². The summed E-state index contributed by atoms with van der Waals surface area (Å²) >= 11 is 0. The highest BCUT2D eigenvalue weighted by Crippen LogP contribution is 2.26. The minimum absolute atomic E-state index is 0.0182. The summed E-state index contributed by atoms with van der Waals surface area (Å²) in [6, 6.07) is 11.5. The van der Waals surface area contributed by atoms with Crippen LogP contribution in [0, 0.1) is 0 Å². The van der Waals surface area contributed by atoms with Crippen molar-refractivity contribution in [2.45, 2.75) is 45.8 Å². The molecule has 28 heavy (non-hydrogen) atoms. The van der Waals surface area contributed by atoms with Gasteiger partial charge in [0.2, 0.25) is 5.88 Å². The van der Waals surface area contributed by atoms with Gasteiger partial charge in [-0.25, -0.2) is 4.98 Å². The summed E-state index contributed by atoms with van der Waals surface area (Å²) in [6.07, 6.45) is 1.03. The molecule has 2 rings (SSSR count). The van der Waals surface area contributed by atoms with Crippen molar-refractivity contribution in [1.29, 1.82) is 0 Å². The van der Waals surface area contributed by atoms with Gasteiger partial charge in [0.05, 0.1) is 6.61 Å². The fourth-order valence-electron chi connectivity index (χ4n) is 2.53. The average Bonchev–Trinajstić information content (AvgIpc) is 2.66. The average molecular weight is 386 g/mol. The second-order valence-corrected chi connectivity index (χ2v) is 7.56. The van der Waals surface area contributed by atoms with E-state index in [1.54, 1.807) is 20.2 Å². The van der Waals surface area contributed by atoms with Gasteiger partial charge in [-0.3, -0.25) is 4.79 Å². The number of ether oxygens (including phenoxy) is 3. The third kappa shape index (κ3) is 6.53. The van der Waals surface area contributed by atoms with Crippen molar-refractivity contribution in [2.75, 3.05) is 20.3 Å². The van der Waals surface area contributed by atoms with Crippen molar-refractivity contribution >= 4 is 5.91 Å². The number of rotatable bonds is 9. The SMILES string of the molecule is COCCOc1ncccc1CNC(=O)C(C)Oc1cccc(C(C)(C)C)c1. The lowest BCUT2D eigenvalue weighted by Crippen LogP contribution is -2.36. The van der Waals surface area contributed by atoms with Crippen LogP contribution in [0.3, 0.4) is 0 Å². The molecular weight excluding hydrogens is 356 g/mol. The van der Waals surface area contributed by atoms with Crippen molar-refractivity contribution in [3.63, 3.8) is 0 Å². The van der Waals surface area contributed by atoms with E-state index in [-0.39, 0.29) is 11.3 Å². The molecule has 0 radical (unpaired) electrons. The van der Waals surface area contributed by atoms with Crippen molar-refractivity contribution in [1.82, 2.24) is 10.3 Å². The predicted octanol–water partition coefficient (Wildman–Crippen LogP) is 3.49. The van der Waals surface area contributed by atoms with Crippen LogP contribution in [0.4, 0.5) is 0 Å². The number of nitrogens with one attached hydrogen (secondary N) is 1. The molecule has 6 heteroatoms. The molecule has 1 amide bonds. The molecule has 2 aromatic rings. The predicted molar refractivity (Wildman–Crippen MR) is 109 cm³/mol. The van der Waals surface area contributed by atoms with Crippen LogP contribution >= 0.6 is 0 Å². The Morgan fingerprint density at radius 2 is 1.96 bits per heavy atom. The zero-order chi connectivity index (χ0) is 20.6. The standard InChI is InChI=1S/C22H30N2O4/c1-16(28-19-10-6-9-18(14-19)22(2,3)4)20(25)24-15-17-8-7-11-23-21(17)27-13-12-26-5/h6-11,14,16H,12-13,15H2,1-5H3,(H,24,25). The Bertz CT molecular complexity index is 771. The fraction of sp³-hybridized carbons (Fsp3) is 0.455. The number of aromatic nitrogens is 1. The number of nitrogens with zero attached hydrogens (tertiary/aromatic N) is 1. The van der Waals surface area contributed by atoms with Crippen LogP contribution in [0.15, 0.2) is 42.6 Å². The topological polar surface area (TPSA) is 69.7 Å². The number of hydrogen-bond acceptors (Lipinski definition) is 5. The molecule has 1 aromatic heterocycles. The zero-order valence-electron chi connectivity index (χ0n) is 17.3. The number of carbonyl (C=O) groups excluding carboxylic acids is 1. The fourth-order valence-corrected chi connectivity index (χ4v) is 2.53. The Balaban J connectivity index is 1.93. The van der Waals surface area contributed by atoms with Crippen molar-refractivity contribution < 1.29 is 19.0 Å². The molecule has 0 bridgehead atoms. The Hall–Kier alpha value is -2.60. The first kappa shape index (κ1) is 21.7. The Morgan fingerprint density at radius 3 is 2.68 bits per heavy atom. The third-order valence-corrected chi connectivity index (χ3v) is 4.21. The summed E-state index contributed by atoms with van der Waals surface area (Å²) in [5.74, 6) is 0.971. The van der Waals surface area contributed by atoms with E-state index in [0.717, 1.165) is 11.1 Å². The van der Waals surface area contributed by atoms with Crippen LogP contribution in [-0.2, 0) is 21.5 Å². The Labute approximate surface area is 167 Å². The summed E-state index contributed by atoms with van der Waals surface area (Å²) < 4.78 is 16.4. The van der Waals surface area contributed by atoms with Crippen LogP contribution in [0.2, 0.25) is 0 Å². The molecule has 0 aliphatic carbocycles. The first-order valence-corrected chi connectivity index (χ1v) is 9.42. The maximum absolute atomic E-state index is 12.5. The van der Waals surface area contributed by atoms with E-state index in [4.69, 9.17) is 14.2 Å². The van der Waals surface area contributed by atoms with Crippen LogP contribution in [-0.4, -0.2) is 37.3 Å². The minimum Gasteiger partial charge on any atom is -0.481 e. The zero-order valence-corrected chi connectivity index (χ0v) is 17.3. The number of benzene rings is 1. The third-order valence-electron chi connectivity index (χ3n) is 4.21. The van der Waals surface area contributed by atoms with Crippen molar-refractivity contribution in [3.05, 3.63) is 53.7 Å². The lowest BCUT2D eigenvalue weighted by molar-refractivity contribution is -0.127. The number of carbonyl (C=O) groups is 1. The summed E-state index contributed by atoms with van der Waals surface area (Å²) in [6.45, 7) is 9.34. The van der Waals surface area contributed by atoms with Crippen molar-refractivity contribution in [2.24, 2.45) is 0 Å². The maximum Gasteiger partial charge on any atom is 0.261 e. The highest BCUT2D eigenvalue weighted by atomic mass is 16.5. The molecule has 152 valence electrons. The lowest BCUT2D eigenvalue weighted by atomic mass is 9.87. The van der Waals surface area contributed by atoms with Gasteiger partial charge in [0.25, 0.3) is 5.91 Å². The number of hydrogen-bond donors (Lipinski definition) is 1. The van der Waals surface area contributed by atoms with Crippen molar-refractivity contribution in [3.8, 4) is 11.6 Å². The molecule has 1 unspecified atom stereocenters. The van der Waals surface area contributed by atoms with E-state index >= 15 is 0 Å². The molecule has 1 heterocycles. The first-order chi connectivity index (χ1) is 13.3. The van der Waals surface area contributed by atoms with Gasteiger partial charge in [0.1, 0.15) is 12.4 Å². The highest BCUT2D eigenvalue weighted by Gasteiger charge is 2.18. The van der Waals surface area contributed by atoms with E-state index in [1.165, 1.54) is 0 Å². The number of amides is 1. The Kier molecular flexibility index (Phi) is 7.81. The van der Waals surface area contributed by atoms with Gasteiger partial charge in [0.15, 0.2) is 6.10 Å². The second-order valence-electron chi connectivity index (χ2n) is 7.56. The first-order valence-electron chi connectivity index (χ1n) is 9.42. The quantitative estimate of drug-likeness (QED) is 0.668. The maximum atomic E-state index is 12.5. The van der Waals surface area contributed by atoms with Gasteiger partial charge in [-0.1, -0.05) is 39.0 Å². The molecule has 0 spiro atoms. The molecule has 0 aliphatic rings. The molecule has 0 aliphatic heterocycles. The van der Waals surface area contributed by atoms with Crippen LogP contribution in [0.5, 0.6) is 11.6 Å². The van der Waals surface area contributed by atoms with E-state index in [9.17, 15) is 4.79 Å². The highest BCUT2D eigenvalue weighted by molar-refractivity contribution is 5.80. The molecule has 0 fully saturated rings. The monoisotopic (exact) mass is 386 g/mol. The number of methoxy groups -OCH3 is 1. The summed E-state index contributed by atoms with van der Waals surface area (Å²) in [4.78, 5) is 16.7. The van der Waals surface area contributed by atoms with Gasteiger partial charge < -0.3 is 19.5 Å². The summed E-state index contributed by atoms with van der Waals surface area (Å²) in [5, 5.41) is 2.88. The molecule has 6 nitrogen and oxygen atoms in total. The van der Waals surface area contributed by atoms with Gasteiger partial charge in [-0.2, -0.15) is 0 Å². The van der Waals surface area contributed by atoms with Gasteiger partial charge in [-0.05, 0) is 36.1 Å². The molecular formula is C22H30N2O4. The van der Waals surface area contributed by atoms with Gasteiger partial charge in [-0.15, -0.1) is 0 Å². The van der Waals surface area contributed by atoms with E-state index < -0.39 is 6.10 Å². The normalized spacial score (nSPS) is 12.3. The van der Waals surface area contributed by atoms with Crippen LogP contribution < -0.4 is 14.8 Å². The molecule has 0 saturated heterocycles. The van der Waals surface area contributed by atoms with Crippen LogP contribution in [0.1, 0.15) is 38.8 Å². The van der Waals surface area contributed by atoms with E-state index in [2.05, 4.69) is 37.1 Å². The summed E-state index contributed by atoms with van der Waals surface area (Å²) in [7, 11) is 1.61. The van der Waals surface area contributed by atoms with E-state index in [1.807, 2.05) is 30.3 Å². The largest absolute Gasteiger partial charge is 0.481 e. The van der Waals surface area contributed by atoms with Crippen LogP contribution in [0.25, 0.3) is 0 Å². The van der Waals surface area contributed by atoms with Gasteiger partial charge in [0, 0.05) is 25.4 Å².